The van der Waals surface area contributed by atoms with Crippen LogP contribution in [0.4, 0.5) is 0 Å². The van der Waals surface area contributed by atoms with Crippen LogP contribution in [0.2, 0.25) is 0 Å². The lowest BCUT2D eigenvalue weighted by Gasteiger charge is -2.09. The van der Waals surface area contributed by atoms with Crippen LogP contribution in [0.3, 0.4) is 0 Å². The van der Waals surface area contributed by atoms with Gasteiger partial charge in [0.2, 0.25) is 5.78 Å². The summed E-state index contributed by atoms with van der Waals surface area (Å²) in [5.41, 5.74) is 6.48. The standard InChI is InChI=1S/C11H15N3O2/c1-2-14-11(16)10(15)9(12)6-8-4-3-5-13-7-8/h3-5,7,9H,2,6,12H2,1H3,(H,14,16). The van der Waals surface area contributed by atoms with E-state index in [4.69, 9.17) is 5.73 Å². The number of amides is 1. The maximum absolute atomic E-state index is 11.5. The molecule has 1 heterocycles. The first-order valence-corrected chi connectivity index (χ1v) is 5.11. The molecule has 86 valence electrons. The van der Waals surface area contributed by atoms with Crippen molar-refractivity contribution in [3.05, 3.63) is 30.1 Å². The Labute approximate surface area is 94.1 Å². The van der Waals surface area contributed by atoms with Crippen molar-refractivity contribution in [1.82, 2.24) is 10.3 Å². The highest BCUT2D eigenvalue weighted by Gasteiger charge is 2.21. The molecule has 0 fully saturated rings. The van der Waals surface area contributed by atoms with Gasteiger partial charge in [0.25, 0.3) is 5.91 Å². The van der Waals surface area contributed by atoms with Gasteiger partial charge in [-0.05, 0) is 25.0 Å². The van der Waals surface area contributed by atoms with E-state index in [9.17, 15) is 9.59 Å². The maximum atomic E-state index is 11.5. The van der Waals surface area contributed by atoms with E-state index < -0.39 is 17.7 Å². The molecule has 0 radical (unpaired) electrons. The molecule has 0 spiro atoms. The number of nitrogens with one attached hydrogen (secondary N) is 1. The number of carbonyl (C=O) groups is 2. The number of nitrogens with zero attached hydrogens (tertiary/aromatic N) is 1. The predicted molar refractivity (Wildman–Crippen MR) is 59.6 cm³/mol. The van der Waals surface area contributed by atoms with Crippen LogP contribution in [-0.2, 0) is 16.0 Å². The van der Waals surface area contributed by atoms with Gasteiger partial charge in [0.05, 0.1) is 6.04 Å². The van der Waals surface area contributed by atoms with Crippen LogP contribution < -0.4 is 11.1 Å². The highest BCUT2D eigenvalue weighted by atomic mass is 16.2. The fourth-order valence-corrected chi connectivity index (χ4v) is 1.28. The van der Waals surface area contributed by atoms with Gasteiger partial charge in [0, 0.05) is 18.9 Å². The summed E-state index contributed by atoms with van der Waals surface area (Å²) in [7, 11) is 0. The topological polar surface area (TPSA) is 85.1 Å². The predicted octanol–water partition coefficient (Wildman–Crippen LogP) is -0.343. The molecule has 1 atom stereocenters. The Kier molecular flexibility index (Phi) is 4.60. The molecular formula is C11H15N3O2. The maximum Gasteiger partial charge on any atom is 0.289 e. The van der Waals surface area contributed by atoms with E-state index in [-0.39, 0.29) is 0 Å². The van der Waals surface area contributed by atoms with Crippen LogP contribution in [0.15, 0.2) is 24.5 Å². The average Bonchev–Trinajstić information content (AvgIpc) is 2.29. The molecule has 1 aromatic rings. The number of hydrogen-bond donors (Lipinski definition) is 2. The van der Waals surface area contributed by atoms with Gasteiger partial charge in [-0.2, -0.15) is 0 Å². The Hall–Kier alpha value is -1.75. The lowest BCUT2D eigenvalue weighted by Crippen LogP contribution is -2.43. The molecule has 1 rings (SSSR count). The second-order valence-electron chi connectivity index (χ2n) is 3.40. The minimum atomic E-state index is -0.809. The Bertz CT molecular complexity index is 365. The summed E-state index contributed by atoms with van der Waals surface area (Å²) in [6.07, 6.45) is 3.59. The zero-order valence-electron chi connectivity index (χ0n) is 9.14. The number of rotatable bonds is 5. The van der Waals surface area contributed by atoms with E-state index in [2.05, 4.69) is 10.3 Å². The first-order chi connectivity index (χ1) is 7.65. The molecule has 5 heteroatoms. The van der Waals surface area contributed by atoms with Gasteiger partial charge in [-0.3, -0.25) is 14.6 Å². The Morgan fingerprint density at radius 3 is 2.88 bits per heavy atom. The molecular weight excluding hydrogens is 206 g/mol. The number of hydrogen-bond acceptors (Lipinski definition) is 4. The fourth-order valence-electron chi connectivity index (χ4n) is 1.28. The zero-order chi connectivity index (χ0) is 12.0. The van der Waals surface area contributed by atoms with Gasteiger partial charge in [0.15, 0.2) is 0 Å². The molecule has 1 unspecified atom stereocenters. The zero-order valence-corrected chi connectivity index (χ0v) is 9.14. The second kappa shape index (κ2) is 5.97. The summed E-state index contributed by atoms with van der Waals surface area (Å²) < 4.78 is 0. The second-order valence-corrected chi connectivity index (χ2v) is 3.40. The molecule has 0 aromatic carbocycles. The van der Waals surface area contributed by atoms with Gasteiger partial charge in [-0.25, -0.2) is 0 Å². The van der Waals surface area contributed by atoms with Crippen molar-refractivity contribution in [1.29, 1.82) is 0 Å². The summed E-state index contributed by atoms with van der Waals surface area (Å²) in [5, 5.41) is 2.43. The molecule has 5 nitrogen and oxygen atoms in total. The van der Waals surface area contributed by atoms with Crippen LogP contribution in [-0.4, -0.2) is 29.3 Å². The first-order valence-electron chi connectivity index (χ1n) is 5.11. The van der Waals surface area contributed by atoms with Crippen LogP contribution >= 0.6 is 0 Å². The number of aromatic nitrogens is 1. The highest BCUT2D eigenvalue weighted by Crippen LogP contribution is 2.00. The van der Waals surface area contributed by atoms with Crippen molar-refractivity contribution in [3.8, 4) is 0 Å². The molecule has 16 heavy (non-hydrogen) atoms. The lowest BCUT2D eigenvalue weighted by atomic mass is 10.0. The first kappa shape index (κ1) is 12.3. The number of ketones is 1. The molecule has 0 aliphatic heterocycles. The summed E-state index contributed by atoms with van der Waals surface area (Å²) in [6, 6.07) is 2.77. The summed E-state index contributed by atoms with van der Waals surface area (Å²) in [4.78, 5) is 26.6. The van der Waals surface area contributed by atoms with Crippen LogP contribution in [0.1, 0.15) is 12.5 Å². The van der Waals surface area contributed by atoms with E-state index in [0.29, 0.717) is 13.0 Å². The third kappa shape index (κ3) is 3.43. The largest absolute Gasteiger partial charge is 0.350 e. The summed E-state index contributed by atoms with van der Waals surface area (Å²) in [5.74, 6) is -1.22. The normalized spacial score (nSPS) is 11.9. The van der Waals surface area contributed by atoms with E-state index in [0.717, 1.165) is 5.56 Å². The Morgan fingerprint density at radius 2 is 2.31 bits per heavy atom. The van der Waals surface area contributed by atoms with Crippen molar-refractivity contribution < 1.29 is 9.59 Å². The van der Waals surface area contributed by atoms with Crippen molar-refractivity contribution in [3.63, 3.8) is 0 Å². The summed E-state index contributed by atoms with van der Waals surface area (Å²) >= 11 is 0. The average molecular weight is 221 g/mol. The Balaban J connectivity index is 2.55. The minimum Gasteiger partial charge on any atom is -0.350 e. The van der Waals surface area contributed by atoms with Crippen LogP contribution in [0.25, 0.3) is 0 Å². The minimum absolute atomic E-state index is 0.323. The third-order valence-corrected chi connectivity index (χ3v) is 2.08. The van der Waals surface area contributed by atoms with Gasteiger partial charge in [-0.1, -0.05) is 6.07 Å². The van der Waals surface area contributed by atoms with Crippen molar-refractivity contribution in [2.75, 3.05) is 6.54 Å². The van der Waals surface area contributed by atoms with Crippen LogP contribution in [0.5, 0.6) is 0 Å². The van der Waals surface area contributed by atoms with Crippen molar-refractivity contribution >= 4 is 11.7 Å². The lowest BCUT2D eigenvalue weighted by molar-refractivity contribution is -0.138. The van der Waals surface area contributed by atoms with Gasteiger partial charge >= 0.3 is 0 Å². The number of carbonyl (C=O) groups excluding carboxylic acids is 2. The van der Waals surface area contributed by atoms with Crippen molar-refractivity contribution in [2.45, 2.75) is 19.4 Å². The number of Topliss-reactive ketones (excluding diaryl/α,β-unsaturated/α-hetero) is 1. The molecule has 1 aromatic heterocycles. The van der Waals surface area contributed by atoms with E-state index in [1.807, 2.05) is 6.07 Å². The van der Waals surface area contributed by atoms with Crippen molar-refractivity contribution in [2.24, 2.45) is 5.73 Å². The van der Waals surface area contributed by atoms with Gasteiger partial charge in [0.1, 0.15) is 0 Å². The molecule has 0 aliphatic rings. The third-order valence-electron chi connectivity index (χ3n) is 2.08. The molecule has 0 saturated heterocycles. The van der Waals surface area contributed by atoms with E-state index >= 15 is 0 Å². The fraction of sp³-hybridized carbons (Fsp3) is 0.364. The SMILES string of the molecule is CCNC(=O)C(=O)C(N)Cc1cccnc1. The number of likely N-dealkylation sites (N-methyl/N-ethyl adjacent to an activating group) is 1. The highest BCUT2D eigenvalue weighted by molar-refractivity contribution is 6.38. The summed E-state index contributed by atoms with van der Waals surface area (Å²) in [6.45, 7) is 2.17. The molecule has 0 aliphatic carbocycles. The molecule has 0 bridgehead atoms. The van der Waals surface area contributed by atoms with Gasteiger partial charge in [-0.15, -0.1) is 0 Å². The van der Waals surface area contributed by atoms with Crippen LogP contribution in [0, 0.1) is 0 Å². The van der Waals surface area contributed by atoms with E-state index in [1.54, 1.807) is 25.4 Å². The molecule has 3 N–H and O–H groups in total. The monoisotopic (exact) mass is 221 g/mol. The smallest absolute Gasteiger partial charge is 0.289 e. The number of pyridine rings is 1. The number of nitrogens with two attached hydrogens (primary N) is 1. The Morgan fingerprint density at radius 1 is 1.56 bits per heavy atom. The molecule has 0 saturated carbocycles. The quantitative estimate of drug-likeness (QED) is 0.666. The molecule has 1 amide bonds. The van der Waals surface area contributed by atoms with Gasteiger partial charge < -0.3 is 11.1 Å². The van der Waals surface area contributed by atoms with E-state index in [1.165, 1.54) is 0 Å².